The van der Waals surface area contributed by atoms with Gasteiger partial charge in [-0.3, -0.25) is 0 Å². The SMILES string of the molecule is CN(C)c1cc(CCl)ccn1.Cl. The summed E-state index contributed by atoms with van der Waals surface area (Å²) in [6.45, 7) is 0. The number of pyridine rings is 1. The summed E-state index contributed by atoms with van der Waals surface area (Å²) in [5.41, 5.74) is 1.10. The van der Waals surface area contributed by atoms with Crippen LogP contribution >= 0.6 is 24.0 Å². The van der Waals surface area contributed by atoms with Crippen molar-refractivity contribution in [3.63, 3.8) is 0 Å². The number of halogens is 2. The van der Waals surface area contributed by atoms with Crippen molar-refractivity contribution in [2.45, 2.75) is 5.88 Å². The summed E-state index contributed by atoms with van der Waals surface area (Å²) in [5, 5.41) is 0. The fourth-order valence-corrected chi connectivity index (χ4v) is 0.955. The summed E-state index contributed by atoms with van der Waals surface area (Å²) in [6.07, 6.45) is 1.77. The van der Waals surface area contributed by atoms with Crippen LogP contribution in [0.1, 0.15) is 5.56 Å². The van der Waals surface area contributed by atoms with Gasteiger partial charge < -0.3 is 4.90 Å². The van der Waals surface area contributed by atoms with E-state index in [0.29, 0.717) is 5.88 Å². The minimum Gasteiger partial charge on any atom is -0.363 e. The topological polar surface area (TPSA) is 16.1 Å². The first kappa shape index (κ1) is 11.5. The van der Waals surface area contributed by atoms with Crippen molar-refractivity contribution >= 4 is 29.8 Å². The Balaban J connectivity index is 0.00000121. The van der Waals surface area contributed by atoms with Gasteiger partial charge in [0.2, 0.25) is 0 Å². The van der Waals surface area contributed by atoms with Gasteiger partial charge in [-0.2, -0.15) is 0 Å². The zero-order valence-corrected chi connectivity index (χ0v) is 8.69. The van der Waals surface area contributed by atoms with Gasteiger partial charge >= 0.3 is 0 Å². The third kappa shape index (κ3) is 2.88. The van der Waals surface area contributed by atoms with Gasteiger partial charge in [-0.05, 0) is 17.7 Å². The standard InChI is InChI=1S/C8H11ClN2.ClH/c1-11(2)8-5-7(6-9)3-4-10-8;/h3-5H,6H2,1-2H3;1H. The Morgan fingerprint density at radius 1 is 1.50 bits per heavy atom. The summed E-state index contributed by atoms with van der Waals surface area (Å²) in [7, 11) is 3.92. The fourth-order valence-electron chi connectivity index (χ4n) is 0.788. The molecule has 0 fully saturated rings. The lowest BCUT2D eigenvalue weighted by Gasteiger charge is -2.10. The Labute approximate surface area is 84.0 Å². The second-order valence-corrected chi connectivity index (χ2v) is 2.82. The summed E-state index contributed by atoms with van der Waals surface area (Å²) in [4.78, 5) is 6.11. The number of rotatable bonds is 2. The number of alkyl halides is 1. The molecular weight excluding hydrogens is 195 g/mol. The quantitative estimate of drug-likeness (QED) is 0.691. The Kier molecular flexibility index (Phi) is 5.02. The summed E-state index contributed by atoms with van der Waals surface area (Å²) >= 11 is 5.66. The van der Waals surface area contributed by atoms with E-state index in [4.69, 9.17) is 11.6 Å². The summed E-state index contributed by atoms with van der Waals surface area (Å²) in [6, 6.07) is 3.90. The van der Waals surface area contributed by atoms with Gasteiger partial charge in [-0.1, -0.05) is 0 Å². The van der Waals surface area contributed by atoms with Gasteiger partial charge in [0.05, 0.1) is 0 Å². The Hall–Kier alpha value is -0.470. The monoisotopic (exact) mass is 206 g/mol. The average molecular weight is 207 g/mol. The summed E-state index contributed by atoms with van der Waals surface area (Å²) < 4.78 is 0. The van der Waals surface area contributed by atoms with E-state index in [1.54, 1.807) is 6.20 Å². The molecule has 0 aliphatic heterocycles. The molecule has 12 heavy (non-hydrogen) atoms. The molecule has 0 aromatic carbocycles. The largest absolute Gasteiger partial charge is 0.363 e. The minimum atomic E-state index is 0. The molecule has 0 aliphatic rings. The van der Waals surface area contributed by atoms with Crippen LogP contribution in [0.4, 0.5) is 5.82 Å². The molecule has 0 aliphatic carbocycles. The maximum atomic E-state index is 5.66. The van der Waals surface area contributed by atoms with Crippen molar-refractivity contribution < 1.29 is 0 Å². The van der Waals surface area contributed by atoms with E-state index in [9.17, 15) is 0 Å². The highest BCUT2D eigenvalue weighted by Crippen LogP contribution is 2.10. The second kappa shape index (κ2) is 5.22. The van der Waals surface area contributed by atoms with E-state index in [0.717, 1.165) is 11.4 Å². The molecule has 4 heteroatoms. The van der Waals surface area contributed by atoms with Gasteiger partial charge in [0.1, 0.15) is 5.82 Å². The van der Waals surface area contributed by atoms with Crippen molar-refractivity contribution in [2.24, 2.45) is 0 Å². The molecule has 0 spiro atoms. The third-order valence-corrected chi connectivity index (χ3v) is 1.73. The highest BCUT2D eigenvalue weighted by atomic mass is 35.5. The van der Waals surface area contributed by atoms with Crippen LogP contribution in [-0.4, -0.2) is 19.1 Å². The molecule has 0 atom stereocenters. The molecule has 2 nitrogen and oxygen atoms in total. The first-order valence-corrected chi connectivity index (χ1v) is 3.95. The van der Waals surface area contributed by atoms with Gasteiger partial charge in [-0.15, -0.1) is 24.0 Å². The van der Waals surface area contributed by atoms with Gasteiger partial charge in [0.25, 0.3) is 0 Å². The molecule has 0 amide bonds. The molecule has 0 saturated carbocycles. The molecular formula is C8H12Cl2N2. The van der Waals surface area contributed by atoms with Crippen molar-refractivity contribution in [3.05, 3.63) is 23.9 Å². The van der Waals surface area contributed by atoms with Gasteiger partial charge in [0, 0.05) is 26.2 Å². The maximum Gasteiger partial charge on any atom is 0.128 e. The van der Waals surface area contributed by atoms with Crippen LogP contribution in [0.25, 0.3) is 0 Å². The van der Waals surface area contributed by atoms with Crippen LogP contribution in [0.5, 0.6) is 0 Å². The lowest BCUT2D eigenvalue weighted by atomic mass is 10.3. The fraction of sp³-hybridized carbons (Fsp3) is 0.375. The summed E-state index contributed by atoms with van der Waals surface area (Å²) in [5.74, 6) is 1.49. The van der Waals surface area contributed by atoms with Crippen LogP contribution in [-0.2, 0) is 5.88 Å². The molecule has 1 heterocycles. The zero-order chi connectivity index (χ0) is 8.27. The van der Waals surface area contributed by atoms with Crippen molar-refractivity contribution in [2.75, 3.05) is 19.0 Å². The lowest BCUT2D eigenvalue weighted by molar-refractivity contribution is 1.06. The molecule has 0 N–H and O–H groups in total. The van der Waals surface area contributed by atoms with Gasteiger partial charge in [0.15, 0.2) is 0 Å². The minimum absolute atomic E-state index is 0. The maximum absolute atomic E-state index is 5.66. The van der Waals surface area contributed by atoms with E-state index in [-0.39, 0.29) is 12.4 Å². The van der Waals surface area contributed by atoms with Crippen LogP contribution in [0.3, 0.4) is 0 Å². The predicted molar refractivity (Wildman–Crippen MR) is 55.4 cm³/mol. The number of hydrogen-bond acceptors (Lipinski definition) is 2. The van der Waals surface area contributed by atoms with Crippen molar-refractivity contribution in [1.29, 1.82) is 0 Å². The first-order valence-electron chi connectivity index (χ1n) is 3.42. The number of hydrogen-bond donors (Lipinski definition) is 0. The first-order chi connectivity index (χ1) is 5.24. The number of anilines is 1. The van der Waals surface area contributed by atoms with E-state index in [2.05, 4.69) is 4.98 Å². The number of nitrogens with zero attached hydrogens (tertiary/aromatic N) is 2. The molecule has 0 saturated heterocycles. The molecule has 0 bridgehead atoms. The second-order valence-electron chi connectivity index (χ2n) is 2.55. The van der Waals surface area contributed by atoms with Crippen molar-refractivity contribution in [3.8, 4) is 0 Å². The molecule has 0 unspecified atom stereocenters. The average Bonchev–Trinajstić information content (AvgIpc) is 2.05. The van der Waals surface area contributed by atoms with Crippen LogP contribution < -0.4 is 4.90 Å². The lowest BCUT2D eigenvalue weighted by Crippen LogP contribution is -2.10. The molecule has 1 aromatic heterocycles. The Bertz CT molecular complexity index is 238. The molecule has 0 radical (unpaired) electrons. The zero-order valence-electron chi connectivity index (χ0n) is 7.12. The smallest absolute Gasteiger partial charge is 0.128 e. The third-order valence-electron chi connectivity index (χ3n) is 1.42. The van der Waals surface area contributed by atoms with E-state index >= 15 is 0 Å². The van der Waals surface area contributed by atoms with Crippen LogP contribution in [0, 0.1) is 0 Å². The van der Waals surface area contributed by atoms with Crippen LogP contribution in [0.2, 0.25) is 0 Å². The highest BCUT2D eigenvalue weighted by Gasteiger charge is 1.96. The Morgan fingerprint density at radius 3 is 2.67 bits per heavy atom. The Morgan fingerprint density at radius 2 is 2.17 bits per heavy atom. The highest BCUT2D eigenvalue weighted by molar-refractivity contribution is 6.17. The van der Waals surface area contributed by atoms with Crippen LogP contribution in [0.15, 0.2) is 18.3 Å². The van der Waals surface area contributed by atoms with E-state index in [1.165, 1.54) is 0 Å². The normalized spacial score (nSPS) is 8.92. The molecule has 1 aromatic rings. The predicted octanol–water partition coefficient (Wildman–Crippen LogP) is 2.31. The number of aromatic nitrogens is 1. The molecule has 1 rings (SSSR count). The van der Waals surface area contributed by atoms with Crippen molar-refractivity contribution in [1.82, 2.24) is 4.98 Å². The van der Waals surface area contributed by atoms with E-state index in [1.807, 2.05) is 31.1 Å². The van der Waals surface area contributed by atoms with Gasteiger partial charge in [-0.25, -0.2) is 4.98 Å². The van der Waals surface area contributed by atoms with E-state index < -0.39 is 0 Å². The molecule has 68 valence electrons.